The van der Waals surface area contributed by atoms with Crippen LogP contribution >= 0.6 is 0 Å². The molecule has 0 spiro atoms. The minimum Gasteiger partial charge on any atom is -0.348 e. The van der Waals surface area contributed by atoms with E-state index in [1.54, 1.807) is 0 Å². The topological polar surface area (TPSA) is 20.3 Å². The molecule has 1 aromatic rings. The Morgan fingerprint density at radius 3 is 2.13 bits per heavy atom. The van der Waals surface area contributed by atoms with Gasteiger partial charge >= 0.3 is 0 Å². The van der Waals surface area contributed by atoms with Gasteiger partial charge in [-0.05, 0) is 36.1 Å². The number of rotatable bonds is 3. The van der Waals surface area contributed by atoms with Crippen molar-refractivity contribution < 1.29 is 4.79 Å². The first-order valence-electron chi connectivity index (χ1n) is 8.97. The lowest BCUT2D eigenvalue weighted by Gasteiger charge is -2.44. The van der Waals surface area contributed by atoms with Gasteiger partial charge in [-0.2, -0.15) is 13.1 Å². The second-order valence-corrected chi connectivity index (χ2v) is 14.4. The average Bonchev–Trinajstić information content (AvgIpc) is 2.46. The van der Waals surface area contributed by atoms with Crippen LogP contribution in [0.3, 0.4) is 0 Å². The molecule has 1 amide bonds. The van der Waals surface area contributed by atoms with Crippen LogP contribution in [0.15, 0.2) is 24.3 Å². The van der Waals surface area contributed by atoms with E-state index in [1.165, 1.54) is 23.2 Å². The van der Waals surface area contributed by atoms with Crippen LogP contribution in [-0.2, 0) is 16.6 Å². The minimum absolute atomic E-state index is 0.0818. The summed E-state index contributed by atoms with van der Waals surface area (Å²) in [6.45, 7) is 15.6. The average molecular weight is 332 g/mol. The highest BCUT2D eigenvalue weighted by Gasteiger charge is 2.25. The highest BCUT2D eigenvalue weighted by atomic mass is 28.3. The lowest BCUT2D eigenvalue weighted by molar-refractivity contribution is -0.134. The molecule has 2 nitrogen and oxygen atoms in total. The van der Waals surface area contributed by atoms with Gasteiger partial charge in [-0.3, -0.25) is 4.79 Å². The predicted molar refractivity (Wildman–Crippen MR) is 102 cm³/mol. The third-order valence-corrected chi connectivity index (χ3v) is 8.37. The van der Waals surface area contributed by atoms with Crippen LogP contribution in [0.1, 0.15) is 38.8 Å². The number of hydrogen-bond acceptors (Lipinski definition) is 1. The van der Waals surface area contributed by atoms with Gasteiger partial charge in [0.15, 0.2) is 0 Å². The van der Waals surface area contributed by atoms with Crippen molar-refractivity contribution in [3.63, 3.8) is 0 Å². The fourth-order valence-corrected chi connectivity index (χ4v) is 5.23. The van der Waals surface area contributed by atoms with Crippen molar-refractivity contribution in [2.24, 2.45) is 5.92 Å². The maximum Gasteiger partial charge on any atom is 0.225 e. The number of hydrogen-bond donors (Lipinski definition) is 0. The van der Waals surface area contributed by atoms with Gasteiger partial charge in [0.05, 0.1) is 0 Å². The van der Waals surface area contributed by atoms with Crippen molar-refractivity contribution in [1.29, 1.82) is 0 Å². The van der Waals surface area contributed by atoms with Crippen molar-refractivity contribution >= 4 is 14.0 Å². The van der Waals surface area contributed by atoms with Crippen molar-refractivity contribution in [1.82, 2.24) is 4.90 Å². The lowest BCUT2D eigenvalue weighted by Crippen LogP contribution is -2.47. The van der Waals surface area contributed by atoms with Crippen LogP contribution < -0.4 is 0 Å². The largest absolute Gasteiger partial charge is 0.348 e. The van der Waals surface area contributed by atoms with E-state index in [-0.39, 0.29) is 11.3 Å². The van der Waals surface area contributed by atoms with Crippen LogP contribution in [0.2, 0.25) is 25.2 Å². The summed E-state index contributed by atoms with van der Waals surface area (Å²) in [5, 5.41) is 0. The number of carbonyl (C=O) groups excluding carboxylic acids is 1. The third kappa shape index (κ3) is 4.94. The number of carbonyl (C=O) groups is 1. The van der Waals surface area contributed by atoms with Crippen molar-refractivity contribution in [3.8, 4) is 0 Å². The molecule has 1 heterocycles. The van der Waals surface area contributed by atoms with Crippen LogP contribution in [-0.4, -0.2) is 32.0 Å². The zero-order chi connectivity index (χ0) is 17.3. The van der Waals surface area contributed by atoms with Crippen molar-refractivity contribution in [3.05, 3.63) is 35.4 Å². The van der Waals surface area contributed by atoms with Crippen molar-refractivity contribution in [2.45, 2.75) is 64.7 Å². The molecule has 1 aliphatic heterocycles. The summed E-state index contributed by atoms with van der Waals surface area (Å²) in [5.74, 6) is 0.424. The van der Waals surface area contributed by atoms with Crippen molar-refractivity contribution in [2.75, 3.05) is 13.1 Å². The molecule has 0 bridgehead atoms. The Hall–Kier alpha value is -1.09. The maximum atomic E-state index is 12.7. The van der Waals surface area contributed by atoms with E-state index in [0.29, 0.717) is 5.91 Å². The van der Waals surface area contributed by atoms with Gasteiger partial charge in [0.1, 0.15) is 0 Å². The molecule has 0 aromatic heterocycles. The number of nitrogens with zero attached hydrogens (tertiary/aromatic N) is 1. The van der Waals surface area contributed by atoms with Crippen LogP contribution in [0.5, 0.6) is 0 Å². The Balaban J connectivity index is 1.93. The van der Waals surface area contributed by atoms with Gasteiger partial charge < -0.3 is 4.90 Å². The van der Waals surface area contributed by atoms with E-state index in [1.807, 2.05) is 0 Å². The first kappa shape index (κ1) is 18.2. The van der Waals surface area contributed by atoms with Gasteiger partial charge in [0.2, 0.25) is 5.91 Å². The normalized spacial score (nSPS) is 19.5. The highest BCUT2D eigenvalue weighted by molar-refractivity contribution is 6.77. The van der Waals surface area contributed by atoms with Gasteiger partial charge in [0, 0.05) is 5.92 Å². The fourth-order valence-electron chi connectivity index (χ4n) is 3.23. The lowest BCUT2D eigenvalue weighted by atomic mass is 9.86. The molecule has 2 rings (SSSR count). The molecule has 1 aliphatic rings. The molecule has 0 aliphatic carbocycles. The summed E-state index contributed by atoms with van der Waals surface area (Å²) in [5.41, 5.74) is 2.80. The monoisotopic (exact) mass is 331 g/mol. The quantitative estimate of drug-likeness (QED) is 0.734. The number of amides is 1. The minimum atomic E-state index is -1.01. The third-order valence-electron chi connectivity index (χ3n) is 5.21. The molecule has 0 saturated carbocycles. The smallest absolute Gasteiger partial charge is 0.225 e. The Labute approximate surface area is 143 Å². The Kier molecular flexibility index (Phi) is 5.39. The highest BCUT2D eigenvalue weighted by Crippen LogP contribution is 2.25. The van der Waals surface area contributed by atoms with E-state index >= 15 is 0 Å². The Morgan fingerprint density at radius 1 is 1.13 bits per heavy atom. The van der Waals surface area contributed by atoms with Gasteiger partial charge in [-0.15, -0.1) is 20.2 Å². The van der Waals surface area contributed by atoms with E-state index in [2.05, 4.69) is 70.0 Å². The fraction of sp³-hybridized carbons (Fsp3) is 0.650. The van der Waals surface area contributed by atoms with E-state index in [4.69, 9.17) is 0 Å². The second kappa shape index (κ2) is 6.80. The molecule has 1 saturated heterocycles. The van der Waals surface area contributed by atoms with E-state index < -0.39 is 8.07 Å². The Morgan fingerprint density at radius 2 is 1.65 bits per heavy atom. The second-order valence-electron chi connectivity index (χ2n) is 9.04. The summed E-state index contributed by atoms with van der Waals surface area (Å²) < 4.78 is 0. The zero-order valence-corrected chi connectivity index (χ0v) is 16.8. The van der Waals surface area contributed by atoms with Crippen LogP contribution in [0, 0.1) is 5.92 Å². The molecule has 129 valence electrons. The zero-order valence-electron chi connectivity index (χ0n) is 15.8. The molecule has 1 unspecified atom stereocenters. The van der Waals surface area contributed by atoms with Gasteiger partial charge in [-0.25, -0.2) is 0 Å². The molecule has 0 N–H and O–H groups in total. The summed E-state index contributed by atoms with van der Waals surface area (Å²) in [6, 6.07) is 11.3. The number of benzene rings is 1. The molecule has 3 heteroatoms. The van der Waals surface area contributed by atoms with Gasteiger partial charge in [-0.1, -0.05) is 52.0 Å². The molecular formula is C20H33NOSi-. The molecule has 23 heavy (non-hydrogen) atoms. The predicted octanol–water partition coefficient (Wildman–Crippen LogP) is 4.71. The maximum absolute atomic E-state index is 12.7. The summed E-state index contributed by atoms with van der Waals surface area (Å²) in [6.07, 6.45) is 0.848. The summed E-state index contributed by atoms with van der Waals surface area (Å²) in [7, 11) is -1.01. The molecule has 0 radical (unpaired) electrons. The van der Waals surface area contributed by atoms with Crippen LogP contribution in [0.25, 0.3) is 0 Å². The molecule has 1 aromatic carbocycles. The standard InChI is InChI=1S/C20H33NOSi/c1-16(19(22)21-11-13-23(5,6)14-12-21)15-17-7-9-18(10-8-17)20(2,3)4/h7-10,16H,11-15H2,1-6H3/q-1. The van der Waals surface area contributed by atoms with E-state index in [9.17, 15) is 4.79 Å². The summed E-state index contributed by atoms with van der Waals surface area (Å²) >= 11 is 0. The molecular weight excluding hydrogens is 298 g/mol. The van der Waals surface area contributed by atoms with Gasteiger partial charge in [0.25, 0.3) is 0 Å². The van der Waals surface area contributed by atoms with E-state index in [0.717, 1.165) is 19.5 Å². The first-order chi connectivity index (χ1) is 10.6. The first-order valence-corrected chi connectivity index (χ1v) is 12.4. The summed E-state index contributed by atoms with van der Waals surface area (Å²) in [4.78, 5) is 14.8. The Bertz CT molecular complexity index is 532. The molecule has 1 fully saturated rings. The SMILES string of the molecule is CC(Cc1ccc(C(C)(C)C)cc1)C(=O)N1CC[Si-](C)(C)CC1. The van der Waals surface area contributed by atoms with Crippen LogP contribution in [0.4, 0.5) is 0 Å². The molecule has 1 atom stereocenters.